The molecule has 13 heteroatoms. The number of hydrogen-bond acceptors (Lipinski definition) is 12. The Morgan fingerprint density at radius 2 is 1.73 bits per heavy atom. The van der Waals surface area contributed by atoms with Crippen LogP contribution in [-0.2, 0) is 16.0 Å². The van der Waals surface area contributed by atoms with Gasteiger partial charge in [-0.05, 0) is 56.4 Å². The van der Waals surface area contributed by atoms with Crippen LogP contribution in [0, 0.1) is 28.6 Å². The molecule has 1 aliphatic heterocycles. The van der Waals surface area contributed by atoms with Gasteiger partial charge in [0, 0.05) is 36.3 Å². The molecule has 272 valence electrons. The van der Waals surface area contributed by atoms with Crippen molar-refractivity contribution in [3.8, 4) is 0 Å². The van der Waals surface area contributed by atoms with Gasteiger partial charge in [-0.3, -0.25) is 0 Å². The fourth-order valence-electron chi connectivity index (χ4n) is 11.3. The third kappa shape index (κ3) is 5.26. The summed E-state index contributed by atoms with van der Waals surface area (Å²) in [6.45, 7) is 5.68. The van der Waals surface area contributed by atoms with Crippen molar-refractivity contribution in [2.75, 3.05) is 6.61 Å². The molecule has 0 radical (unpaired) electrons. The summed E-state index contributed by atoms with van der Waals surface area (Å²) < 4.78 is 13.5. The van der Waals surface area contributed by atoms with Gasteiger partial charge < -0.3 is 50.3 Å². The lowest BCUT2D eigenvalue weighted by atomic mass is 9.40. The highest BCUT2D eigenvalue weighted by Crippen LogP contribution is 2.71. The SMILES string of the molecule is CC(c1cn(Cc2ccccc2)nn1)C1CC[C@]2(O)C3CC[C@]4(O)C[C@@H](O[C@@H]5O[C@@H](C)[C@H](O)[C@@H](O)[C@H]5O)C[C@@H](O)[C@]4(CO)C3[C@H](O)C[C@]12C. The number of nitrogens with zero attached hydrogens (tertiary/aromatic N) is 3. The Hall–Kier alpha value is -2.04. The van der Waals surface area contributed by atoms with E-state index < -0.39 is 89.5 Å². The quantitative estimate of drug-likeness (QED) is 0.187. The fourth-order valence-corrected chi connectivity index (χ4v) is 11.3. The highest BCUT2D eigenvalue weighted by molar-refractivity contribution is 5.26. The Balaban J connectivity index is 1.12. The summed E-state index contributed by atoms with van der Waals surface area (Å²) in [4.78, 5) is 0. The van der Waals surface area contributed by atoms with Crippen LogP contribution in [0.2, 0.25) is 0 Å². The van der Waals surface area contributed by atoms with E-state index in [1.807, 2.05) is 48.1 Å². The maximum Gasteiger partial charge on any atom is 0.186 e. The van der Waals surface area contributed by atoms with E-state index in [2.05, 4.69) is 17.2 Å². The van der Waals surface area contributed by atoms with Crippen LogP contribution in [0.25, 0.3) is 0 Å². The molecule has 7 rings (SSSR count). The number of rotatable bonds is 7. The molecule has 4 unspecified atom stereocenters. The molecule has 0 bridgehead atoms. The minimum absolute atomic E-state index is 0.0197. The van der Waals surface area contributed by atoms with Gasteiger partial charge in [0.2, 0.25) is 0 Å². The average Bonchev–Trinajstić information content (AvgIpc) is 3.64. The molecule has 16 atom stereocenters. The maximum atomic E-state index is 12.8. The Morgan fingerprint density at radius 1 is 1.00 bits per heavy atom. The van der Waals surface area contributed by atoms with Crippen molar-refractivity contribution in [3.05, 3.63) is 47.8 Å². The standard InChI is InChI=1S/C36H53N3O10/c1-19(25-17-39(38-37-25)16-21-7-5-4-6-8-21)23-10-12-36(47)24-9-11-34(46)14-22(49-32-31(45)30(44)29(43)20(2)48-32)13-27(42)35(34,18-40)28(24)26(41)15-33(23,36)3/h4-8,17,19-20,22-24,26-32,40-47H,9-16,18H2,1-3H3/t19?,20-,22-,23?,24?,26+,27+,28?,29-,30+,31+,32-,33+,34-,35+,36-/m0/s1. The summed E-state index contributed by atoms with van der Waals surface area (Å²) in [6, 6.07) is 10.0. The van der Waals surface area contributed by atoms with Gasteiger partial charge >= 0.3 is 0 Å². The zero-order valence-corrected chi connectivity index (χ0v) is 28.5. The smallest absolute Gasteiger partial charge is 0.186 e. The van der Waals surface area contributed by atoms with E-state index in [4.69, 9.17) is 9.47 Å². The van der Waals surface area contributed by atoms with E-state index in [1.54, 1.807) is 6.92 Å². The number of ether oxygens (including phenoxy) is 2. The van der Waals surface area contributed by atoms with Crippen LogP contribution in [0.1, 0.15) is 82.9 Å². The van der Waals surface area contributed by atoms with Gasteiger partial charge in [0.15, 0.2) is 6.29 Å². The molecule has 8 N–H and O–H groups in total. The molecule has 4 saturated carbocycles. The topological polar surface area (TPSA) is 211 Å². The van der Waals surface area contributed by atoms with Gasteiger partial charge in [0.25, 0.3) is 0 Å². The van der Waals surface area contributed by atoms with Crippen molar-refractivity contribution in [1.29, 1.82) is 0 Å². The first kappa shape index (κ1) is 35.4. The molecule has 2 heterocycles. The molecule has 1 aromatic carbocycles. The Kier molecular flexibility index (Phi) is 9.07. The Morgan fingerprint density at radius 3 is 2.45 bits per heavy atom. The van der Waals surface area contributed by atoms with E-state index >= 15 is 0 Å². The summed E-state index contributed by atoms with van der Waals surface area (Å²) in [5.41, 5.74) is -3.19. The second-order valence-electron chi connectivity index (χ2n) is 16.2. The van der Waals surface area contributed by atoms with Gasteiger partial charge in [-0.1, -0.05) is 49.4 Å². The Bertz CT molecular complexity index is 1480. The van der Waals surface area contributed by atoms with Crippen LogP contribution in [0.4, 0.5) is 0 Å². The predicted molar refractivity (Wildman–Crippen MR) is 174 cm³/mol. The van der Waals surface area contributed by atoms with E-state index in [-0.39, 0.29) is 37.5 Å². The second kappa shape index (κ2) is 12.6. The van der Waals surface area contributed by atoms with E-state index in [0.717, 1.165) is 11.3 Å². The molecule has 0 spiro atoms. The lowest BCUT2D eigenvalue weighted by Crippen LogP contribution is -2.76. The highest BCUT2D eigenvalue weighted by atomic mass is 16.7. The predicted octanol–water partition coefficient (Wildman–Crippen LogP) is 0.445. The number of benzene rings is 1. The lowest BCUT2D eigenvalue weighted by molar-refractivity contribution is -0.342. The van der Waals surface area contributed by atoms with Crippen molar-refractivity contribution in [2.45, 2.75) is 138 Å². The maximum absolute atomic E-state index is 12.8. The minimum Gasteiger partial charge on any atom is -0.396 e. The summed E-state index contributed by atoms with van der Waals surface area (Å²) in [5, 5.41) is 100. The molecular weight excluding hydrogens is 634 g/mol. The third-order valence-electron chi connectivity index (χ3n) is 13.9. The zero-order chi connectivity index (χ0) is 35.1. The molecule has 5 aliphatic rings. The molecule has 2 aromatic rings. The first-order valence-electron chi connectivity index (χ1n) is 17.9. The van der Waals surface area contributed by atoms with Crippen LogP contribution >= 0.6 is 0 Å². The molecule has 4 aliphatic carbocycles. The third-order valence-corrected chi connectivity index (χ3v) is 13.9. The van der Waals surface area contributed by atoms with Crippen molar-refractivity contribution >= 4 is 0 Å². The first-order chi connectivity index (χ1) is 23.2. The highest BCUT2D eigenvalue weighted by Gasteiger charge is 2.75. The number of aliphatic hydroxyl groups excluding tert-OH is 6. The lowest BCUT2D eigenvalue weighted by Gasteiger charge is -2.68. The van der Waals surface area contributed by atoms with Gasteiger partial charge in [-0.15, -0.1) is 5.10 Å². The summed E-state index contributed by atoms with van der Waals surface area (Å²) in [5.74, 6) is -1.36. The number of hydrogen-bond donors (Lipinski definition) is 8. The fraction of sp³-hybridized carbons (Fsp3) is 0.778. The zero-order valence-electron chi connectivity index (χ0n) is 28.5. The second-order valence-corrected chi connectivity index (χ2v) is 16.2. The number of aromatic nitrogens is 3. The van der Waals surface area contributed by atoms with Gasteiger partial charge in [0.05, 0.1) is 59.9 Å². The van der Waals surface area contributed by atoms with E-state index in [0.29, 0.717) is 25.8 Å². The van der Waals surface area contributed by atoms with Crippen molar-refractivity contribution in [1.82, 2.24) is 15.0 Å². The molecule has 5 fully saturated rings. The van der Waals surface area contributed by atoms with Crippen LogP contribution in [-0.4, -0.2) is 123 Å². The Labute approximate surface area is 286 Å². The van der Waals surface area contributed by atoms with Crippen molar-refractivity contribution < 1.29 is 50.3 Å². The first-order valence-corrected chi connectivity index (χ1v) is 17.9. The van der Waals surface area contributed by atoms with Crippen molar-refractivity contribution in [2.24, 2.45) is 28.6 Å². The molecule has 0 amide bonds. The van der Waals surface area contributed by atoms with Gasteiger partial charge in [0.1, 0.15) is 18.3 Å². The number of aliphatic hydroxyl groups is 8. The molecule has 13 nitrogen and oxygen atoms in total. The monoisotopic (exact) mass is 687 g/mol. The van der Waals surface area contributed by atoms with Gasteiger partial charge in [-0.25, -0.2) is 4.68 Å². The number of fused-ring (bicyclic) bond motifs is 5. The molecule has 49 heavy (non-hydrogen) atoms. The molecular formula is C36H53N3O10. The molecule has 1 saturated heterocycles. The van der Waals surface area contributed by atoms with Crippen LogP contribution in [0.15, 0.2) is 36.5 Å². The largest absolute Gasteiger partial charge is 0.396 e. The average molecular weight is 688 g/mol. The van der Waals surface area contributed by atoms with Crippen LogP contribution in [0.5, 0.6) is 0 Å². The van der Waals surface area contributed by atoms with Gasteiger partial charge in [-0.2, -0.15) is 0 Å². The van der Waals surface area contributed by atoms with E-state index in [1.165, 1.54) is 0 Å². The summed E-state index contributed by atoms with van der Waals surface area (Å²) in [6.07, 6.45) is -5.79. The summed E-state index contributed by atoms with van der Waals surface area (Å²) >= 11 is 0. The minimum atomic E-state index is -1.66. The van der Waals surface area contributed by atoms with Crippen LogP contribution in [0.3, 0.4) is 0 Å². The summed E-state index contributed by atoms with van der Waals surface area (Å²) in [7, 11) is 0. The molecule has 1 aromatic heterocycles. The van der Waals surface area contributed by atoms with Crippen LogP contribution < -0.4 is 0 Å². The normalized spacial score (nSPS) is 48.8. The van der Waals surface area contributed by atoms with E-state index in [9.17, 15) is 40.9 Å². The van der Waals surface area contributed by atoms with Crippen molar-refractivity contribution in [3.63, 3.8) is 0 Å².